The van der Waals surface area contributed by atoms with Crippen LogP contribution in [0.25, 0.3) is 17.8 Å². The van der Waals surface area contributed by atoms with Crippen molar-refractivity contribution >= 4 is 12.2 Å². The van der Waals surface area contributed by atoms with Gasteiger partial charge in [-0.2, -0.15) is 5.10 Å². The number of aromatic nitrogens is 5. The summed E-state index contributed by atoms with van der Waals surface area (Å²) in [6.07, 6.45) is 6.76. The Morgan fingerprint density at radius 3 is 2.47 bits per heavy atom. The largest absolute Gasteiger partial charge is 0.495 e. The number of nitrogens with zero attached hydrogens (tertiary/aromatic N) is 5. The average molecular weight is 499 g/mol. The van der Waals surface area contributed by atoms with Gasteiger partial charge in [-0.3, -0.25) is 0 Å². The second-order valence-electron chi connectivity index (χ2n) is 8.54. The summed E-state index contributed by atoms with van der Waals surface area (Å²) in [4.78, 5) is 8.47. The van der Waals surface area contributed by atoms with Crippen LogP contribution < -0.4 is 4.74 Å². The smallest absolute Gasteiger partial charge is 0.194 e. The quantitative estimate of drug-likeness (QED) is 0.322. The van der Waals surface area contributed by atoms with Crippen LogP contribution in [0.5, 0.6) is 5.75 Å². The van der Waals surface area contributed by atoms with Crippen molar-refractivity contribution in [2.45, 2.75) is 31.9 Å². The molecule has 2 aromatic carbocycles. The van der Waals surface area contributed by atoms with Gasteiger partial charge >= 0.3 is 0 Å². The molecule has 0 bridgehead atoms. The molecule has 0 radical (unpaired) electrons. The van der Waals surface area contributed by atoms with E-state index in [4.69, 9.17) is 4.74 Å². The molecule has 1 unspecified atom stereocenters. The summed E-state index contributed by atoms with van der Waals surface area (Å²) >= 11 is 0. The van der Waals surface area contributed by atoms with Crippen molar-refractivity contribution in [3.05, 3.63) is 88.5 Å². The van der Waals surface area contributed by atoms with E-state index in [2.05, 4.69) is 15.1 Å². The summed E-state index contributed by atoms with van der Waals surface area (Å²) in [5.41, 5.74) is -0.581. The van der Waals surface area contributed by atoms with Crippen molar-refractivity contribution in [2.75, 3.05) is 7.11 Å². The first-order valence-corrected chi connectivity index (χ1v) is 11.1. The zero-order valence-corrected chi connectivity index (χ0v) is 19.3. The molecule has 1 atom stereocenters. The number of benzene rings is 2. The molecule has 1 N–H and O–H groups in total. The highest BCUT2D eigenvalue weighted by atomic mass is 19.2. The molecule has 0 amide bonds. The maximum Gasteiger partial charge on any atom is 0.194 e. The Hall–Kier alpha value is -3.99. The normalized spacial score (nSPS) is 17.5. The Morgan fingerprint density at radius 2 is 1.81 bits per heavy atom. The highest BCUT2D eigenvalue weighted by Gasteiger charge is 2.40. The van der Waals surface area contributed by atoms with Gasteiger partial charge in [-0.25, -0.2) is 32.2 Å². The maximum atomic E-state index is 14.9. The van der Waals surface area contributed by atoms with Crippen molar-refractivity contribution in [1.82, 2.24) is 24.3 Å². The number of ether oxygens (including phenoxy) is 1. The fraction of sp³-hybridized carbons (Fsp3) is 0.240. The monoisotopic (exact) mass is 499 g/mol. The van der Waals surface area contributed by atoms with Crippen LogP contribution >= 0.6 is 0 Å². The van der Waals surface area contributed by atoms with Crippen LogP contribution in [0.15, 0.2) is 36.8 Å². The third-order valence-corrected chi connectivity index (χ3v) is 6.13. The fourth-order valence-corrected chi connectivity index (χ4v) is 4.33. The van der Waals surface area contributed by atoms with Gasteiger partial charge in [-0.05, 0) is 55.7 Å². The Kier molecular flexibility index (Phi) is 5.87. The summed E-state index contributed by atoms with van der Waals surface area (Å²) in [6, 6.07) is 4.35. The van der Waals surface area contributed by atoms with Crippen molar-refractivity contribution in [3.63, 3.8) is 0 Å². The molecule has 0 aliphatic carbocycles. The van der Waals surface area contributed by atoms with E-state index in [9.17, 15) is 22.7 Å². The third kappa shape index (κ3) is 4.05. The maximum absolute atomic E-state index is 14.9. The first-order valence-electron chi connectivity index (χ1n) is 11.1. The number of hydrogen-bond acceptors (Lipinski definition) is 5. The van der Waals surface area contributed by atoms with Gasteiger partial charge in [0, 0.05) is 24.4 Å². The Balaban J connectivity index is 1.49. The van der Waals surface area contributed by atoms with Crippen molar-refractivity contribution < 1.29 is 27.4 Å². The lowest BCUT2D eigenvalue weighted by Crippen LogP contribution is -2.36. The fourth-order valence-electron chi connectivity index (χ4n) is 4.33. The lowest BCUT2D eigenvalue weighted by Gasteiger charge is -2.31. The van der Waals surface area contributed by atoms with Gasteiger partial charge in [0.2, 0.25) is 0 Å². The summed E-state index contributed by atoms with van der Waals surface area (Å²) in [7, 11) is 1.47. The number of hydrogen-bond donors (Lipinski definition) is 1. The van der Waals surface area contributed by atoms with Gasteiger partial charge in [0.25, 0.3) is 0 Å². The molecule has 36 heavy (non-hydrogen) atoms. The number of aliphatic hydroxyl groups is 1. The lowest BCUT2D eigenvalue weighted by molar-refractivity contribution is 0.0387. The Morgan fingerprint density at radius 1 is 1.06 bits per heavy atom. The Labute approximate surface area is 203 Å². The van der Waals surface area contributed by atoms with Crippen molar-refractivity contribution in [2.24, 2.45) is 0 Å². The minimum absolute atomic E-state index is 0.0580. The van der Waals surface area contributed by atoms with Gasteiger partial charge in [-0.1, -0.05) is 0 Å². The van der Waals surface area contributed by atoms with E-state index in [1.807, 2.05) is 6.92 Å². The zero-order chi connectivity index (χ0) is 25.6. The van der Waals surface area contributed by atoms with Crippen LogP contribution in [0.1, 0.15) is 41.3 Å². The van der Waals surface area contributed by atoms with Crippen molar-refractivity contribution in [3.8, 4) is 11.4 Å². The molecule has 5 rings (SSSR count). The standard InChI is InChI=1S/C25H21F4N5O2/c1-14-12-33(13-30-14)20-11-17(26)15(8-21(20)36-2)4-5-22-31-24-25(35,6-3-7-34(24)32-22)16-9-18(27)23(29)19(28)10-16/h4-5,8-13,35H,3,6-7H2,1-2H3/b5-4+. The van der Waals surface area contributed by atoms with Crippen LogP contribution in [0, 0.1) is 30.2 Å². The molecule has 1 aliphatic rings. The van der Waals surface area contributed by atoms with Crippen LogP contribution in [-0.2, 0) is 12.1 Å². The molecular formula is C25H21F4N5O2. The first kappa shape index (κ1) is 23.7. The van der Waals surface area contributed by atoms with Crippen LogP contribution in [-0.4, -0.2) is 36.5 Å². The van der Waals surface area contributed by atoms with E-state index >= 15 is 0 Å². The molecule has 3 heterocycles. The molecule has 2 aromatic heterocycles. The number of rotatable bonds is 5. The molecule has 1 aliphatic heterocycles. The van der Waals surface area contributed by atoms with Gasteiger partial charge in [-0.15, -0.1) is 0 Å². The molecule has 0 spiro atoms. The van der Waals surface area contributed by atoms with Crippen LogP contribution in [0.3, 0.4) is 0 Å². The average Bonchev–Trinajstić information content (AvgIpc) is 3.48. The molecule has 7 nitrogen and oxygen atoms in total. The molecular weight excluding hydrogens is 478 g/mol. The molecule has 186 valence electrons. The van der Waals surface area contributed by atoms with E-state index in [0.29, 0.717) is 24.4 Å². The topological polar surface area (TPSA) is 78.0 Å². The van der Waals surface area contributed by atoms with Crippen LogP contribution in [0.4, 0.5) is 17.6 Å². The predicted molar refractivity (Wildman–Crippen MR) is 122 cm³/mol. The minimum Gasteiger partial charge on any atom is -0.495 e. The second kappa shape index (κ2) is 8.90. The highest BCUT2D eigenvalue weighted by Crippen LogP contribution is 2.38. The van der Waals surface area contributed by atoms with Gasteiger partial charge in [0.05, 0.1) is 24.8 Å². The SMILES string of the molecule is COc1cc(/C=C/c2nc3n(n2)CCCC3(O)c2cc(F)c(F)c(F)c2)c(F)cc1-n1cnc(C)c1. The lowest BCUT2D eigenvalue weighted by atomic mass is 9.86. The third-order valence-electron chi connectivity index (χ3n) is 6.13. The zero-order valence-electron chi connectivity index (χ0n) is 19.3. The van der Waals surface area contributed by atoms with Crippen molar-refractivity contribution in [1.29, 1.82) is 0 Å². The summed E-state index contributed by atoms with van der Waals surface area (Å²) in [6.45, 7) is 2.23. The molecule has 4 aromatic rings. The first-order chi connectivity index (χ1) is 17.2. The minimum atomic E-state index is -1.87. The molecule has 11 heteroatoms. The summed E-state index contributed by atoms with van der Waals surface area (Å²) < 4.78 is 64.6. The summed E-state index contributed by atoms with van der Waals surface area (Å²) in [5.74, 6) is -4.33. The number of fused-ring (bicyclic) bond motifs is 1. The summed E-state index contributed by atoms with van der Waals surface area (Å²) in [5, 5.41) is 15.6. The molecule has 0 fully saturated rings. The van der Waals surface area contributed by atoms with Crippen LogP contribution in [0.2, 0.25) is 0 Å². The van der Waals surface area contributed by atoms with E-state index < -0.39 is 28.9 Å². The number of methoxy groups -OCH3 is 1. The second-order valence-corrected chi connectivity index (χ2v) is 8.54. The van der Waals surface area contributed by atoms with Gasteiger partial charge < -0.3 is 14.4 Å². The number of halogens is 4. The predicted octanol–water partition coefficient (Wildman–Crippen LogP) is 4.54. The molecule has 0 saturated heterocycles. The van der Waals surface area contributed by atoms with E-state index in [0.717, 1.165) is 17.8 Å². The van der Waals surface area contributed by atoms with Gasteiger partial charge in [0.1, 0.15) is 17.2 Å². The number of aryl methyl sites for hydroxylation is 2. The number of imidazole rings is 1. The molecule has 0 saturated carbocycles. The van der Waals surface area contributed by atoms with Gasteiger partial charge in [0.15, 0.2) is 29.1 Å². The van der Waals surface area contributed by atoms with E-state index in [-0.39, 0.29) is 29.2 Å². The van der Waals surface area contributed by atoms with E-state index in [1.54, 1.807) is 17.1 Å². The van der Waals surface area contributed by atoms with E-state index in [1.165, 1.54) is 36.1 Å². The highest BCUT2D eigenvalue weighted by molar-refractivity contribution is 5.69. The Bertz CT molecular complexity index is 1470.